The summed E-state index contributed by atoms with van der Waals surface area (Å²) in [4.78, 5) is 18.6. The number of hydrogen-bond acceptors (Lipinski definition) is 6. The molecule has 0 amide bonds. The van der Waals surface area contributed by atoms with Crippen LogP contribution in [0.2, 0.25) is 0 Å². The van der Waals surface area contributed by atoms with E-state index in [1.54, 1.807) is 6.07 Å². The molecule has 2 bridgehead atoms. The molecule has 2 aromatic heterocycles. The standard InChI is InChI=1S/C22H19BrN4O3/c23-16-4-6-17(7-5-16)29-13-20-25-18(9-24)22(30-20)26-10-14-8-15(12-26)19-2-1-3-21(28)27(19)11-14/h1-7,14-15H,8,10-13H2. The van der Waals surface area contributed by atoms with Crippen LogP contribution in [0.25, 0.3) is 0 Å². The van der Waals surface area contributed by atoms with Crippen LogP contribution >= 0.6 is 15.9 Å². The van der Waals surface area contributed by atoms with Crippen molar-refractivity contribution in [2.24, 2.45) is 5.92 Å². The average Bonchev–Trinajstić information content (AvgIpc) is 3.17. The predicted molar refractivity (Wildman–Crippen MR) is 113 cm³/mol. The summed E-state index contributed by atoms with van der Waals surface area (Å²) in [6.07, 6.45) is 1.04. The van der Waals surface area contributed by atoms with E-state index in [4.69, 9.17) is 9.15 Å². The number of ether oxygens (including phenoxy) is 1. The molecule has 30 heavy (non-hydrogen) atoms. The van der Waals surface area contributed by atoms with Crippen molar-refractivity contribution < 1.29 is 9.15 Å². The molecule has 2 atom stereocenters. The lowest BCUT2D eigenvalue weighted by Crippen LogP contribution is -2.47. The van der Waals surface area contributed by atoms with Gasteiger partial charge in [-0.05, 0) is 42.7 Å². The fourth-order valence-corrected chi connectivity index (χ4v) is 4.71. The fraction of sp³-hybridized carbons (Fsp3) is 0.318. The van der Waals surface area contributed by atoms with Gasteiger partial charge >= 0.3 is 0 Å². The number of benzene rings is 1. The third kappa shape index (κ3) is 3.50. The molecule has 0 saturated carbocycles. The van der Waals surface area contributed by atoms with Crippen LogP contribution in [-0.4, -0.2) is 22.6 Å². The molecule has 8 heteroatoms. The van der Waals surface area contributed by atoms with Crippen molar-refractivity contribution in [2.45, 2.75) is 25.5 Å². The van der Waals surface area contributed by atoms with Crippen LogP contribution in [0.5, 0.6) is 5.75 Å². The van der Waals surface area contributed by atoms with Gasteiger partial charge in [0.1, 0.15) is 11.8 Å². The van der Waals surface area contributed by atoms with Crippen LogP contribution < -0.4 is 15.2 Å². The van der Waals surface area contributed by atoms with Crippen molar-refractivity contribution >= 4 is 21.8 Å². The van der Waals surface area contributed by atoms with E-state index >= 15 is 0 Å². The third-order valence-electron chi connectivity index (χ3n) is 5.70. The molecule has 4 heterocycles. The highest BCUT2D eigenvalue weighted by molar-refractivity contribution is 9.10. The molecule has 2 aliphatic heterocycles. The maximum absolute atomic E-state index is 12.2. The van der Waals surface area contributed by atoms with Crippen molar-refractivity contribution in [2.75, 3.05) is 18.0 Å². The number of pyridine rings is 1. The molecule has 0 spiro atoms. The van der Waals surface area contributed by atoms with Crippen LogP contribution in [0.15, 0.2) is 56.1 Å². The Labute approximate surface area is 181 Å². The van der Waals surface area contributed by atoms with Crippen LogP contribution in [0, 0.1) is 17.2 Å². The van der Waals surface area contributed by atoms with Crippen LogP contribution in [0.3, 0.4) is 0 Å². The maximum atomic E-state index is 12.2. The van der Waals surface area contributed by atoms with Gasteiger partial charge in [-0.2, -0.15) is 10.2 Å². The van der Waals surface area contributed by atoms with E-state index in [0.717, 1.165) is 23.1 Å². The Morgan fingerprint density at radius 3 is 2.83 bits per heavy atom. The number of halogens is 1. The second kappa shape index (κ2) is 7.65. The Bertz CT molecular complexity index is 1180. The molecule has 1 saturated heterocycles. The SMILES string of the molecule is N#Cc1nc(COc2ccc(Br)cc2)oc1N1CC2CC(C1)c1cccc(=O)n1C2. The largest absolute Gasteiger partial charge is 0.484 e. The molecular formula is C22H19BrN4O3. The fourth-order valence-electron chi connectivity index (χ4n) is 4.44. The highest BCUT2D eigenvalue weighted by Crippen LogP contribution is 2.38. The highest BCUT2D eigenvalue weighted by Gasteiger charge is 2.36. The van der Waals surface area contributed by atoms with Gasteiger partial charge in [-0.25, -0.2) is 0 Å². The van der Waals surface area contributed by atoms with Gasteiger partial charge in [0.2, 0.25) is 17.5 Å². The molecule has 3 aromatic rings. The second-order valence-electron chi connectivity index (χ2n) is 7.72. The van der Waals surface area contributed by atoms with Crippen LogP contribution in [0.4, 0.5) is 5.88 Å². The summed E-state index contributed by atoms with van der Waals surface area (Å²) >= 11 is 3.40. The van der Waals surface area contributed by atoms with Gasteiger partial charge in [-0.1, -0.05) is 22.0 Å². The first-order valence-corrected chi connectivity index (χ1v) is 10.6. The van der Waals surface area contributed by atoms with Gasteiger partial charge < -0.3 is 18.6 Å². The van der Waals surface area contributed by atoms with E-state index in [9.17, 15) is 10.1 Å². The normalized spacial score (nSPS) is 19.8. The molecule has 2 unspecified atom stereocenters. The van der Waals surface area contributed by atoms with Crippen molar-refractivity contribution in [1.82, 2.24) is 9.55 Å². The zero-order chi connectivity index (χ0) is 20.7. The Morgan fingerprint density at radius 2 is 2.03 bits per heavy atom. The predicted octanol–water partition coefficient (Wildman–Crippen LogP) is 3.67. The summed E-state index contributed by atoms with van der Waals surface area (Å²) in [5.41, 5.74) is 1.38. The molecule has 152 valence electrons. The molecular weight excluding hydrogens is 448 g/mol. The lowest BCUT2D eigenvalue weighted by molar-refractivity contribution is 0.254. The van der Waals surface area contributed by atoms with Gasteiger partial charge in [0.15, 0.2) is 6.61 Å². The van der Waals surface area contributed by atoms with Crippen LogP contribution in [0.1, 0.15) is 29.6 Å². The van der Waals surface area contributed by atoms with E-state index in [-0.39, 0.29) is 23.8 Å². The second-order valence-corrected chi connectivity index (χ2v) is 8.63. The van der Waals surface area contributed by atoms with Gasteiger partial charge in [-0.15, -0.1) is 0 Å². The molecule has 0 N–H and O–H groups in total. The minimum Gasteiger partial charge on any atom is -0.484 e. The molecule has 1 aromatic carbocycles. The Morgan fingerprint density at radius 1 is 1.20 bits per heavy atom. The Balaban J connectivity index is 1.36. The molecule has 2 aliphatic rings. The Hall–Kier alpha value is -3.05. The van der Waals surface area contributed by atoms with E-state index < -0.39 is 0 Å². The van der Waals surface area contributed by atoms with E-state index in [1.165, 1.54) is 0 Å². The van der Waals surface area contributed by atoms with Crippen molar-refractivity contribution in [3.8, 4) is 11.8 Å². The third-order valence-corrected chi connectivity index (χ3v) is 6.23. The average molecular weight is 467 g/mol. The van der Waals surface area contributed by atoms with Crippen molar-refractivity contribution in [1.29, 1.82) is 5.26 Å². The summed E-state index contributed by atoms with van der Waals surface area (Å²) < 4.78 is 14.6. The number of nitriles is 1. The van der Waals surface area contributed by atoms with Gasteiger partial charge in [-0.3, -0.25) is 4.79 Å². The number of anilines is 1. The summed E-state index contributed by atoms with van der Waals surface area (Å²) in [6, 6.07) is 15.1. The summed E-state index contributed by atoms with van der Waals surface area (Å²) in [6.45, 7) is 2.26. The zero-order valence-electron chi connectivity index (χ0n) is 16.1. The van der Waals surface area contributed by atoms with Gasteiger partial charge in [0, 0.05) is 41.8 Å². The number of aromatic nitrogens is 2. The number of oxazole rings is 1. The Kier molecular flexibility index (Phi) is 4.83. The molecule has 1 fully saturated rings. The minimum absolute atomic E-state index is 0.0559. The number of fused-ring (bicyclic) bond motifs is 4. The molecule has 0 aliphatic carbocycles. The molecule has 5 rings (SSSR count). The summed E-state index contributed by atoms with van der Waals surface area (Å²) in [7, 11) is 0. The maximum Gasteiger partial charge on any atom is 0.250 e. The van der Waals surface area contributed by atoms with Gasteiger partial charge in [0.25, 0.3) is 5.56 Å². The first-order chi connectivity index (χ1) is 14.6. The number of hydrogen-bond donors (Lipinski definition) is 0. The van der Waals surface area contributed by atoms with Gasteiger partial charge in [0.05, 0.1) is 0 Å². The minimum atomic E-state index is 0.0559. The highest BCUT2D eigenvalue weighted by atomic mass is 79.9. The monoisotopic (exact) mass is 466 g/mol. The quantitative estimate of drug-likeness (QED) is 0.582. The molecule has 0 radical (unpaired) electrons. The number of piperidine rings is 1. The topological polar surface area (TPSA) is 84.3 Å². The van der Waals surface area contributed by atoms with Crippen molar-refractivity contribution in [3.63, 3.8) is 0 Å². The van der Waals surface area contributed by atoms with Crippen molar-refractivity contribution in [3.05, 3.63) is 74.6 Å². The zero-order valence-corrected chi connectivity index (χ0v) is 17.7. The van der Waals surface area contributed by atoms with Crippen LogP contribution in [-0.2, 0) is 13.2 Å². The van der Waals surface area contributed by atoms with E-state index in [0.29, 0.717) is 36.5 Å². The summed E-state index contributed by atoms with van der Waals surface area (Å²) in [5, 5.41) is 9.58. The summed E-state index contributed by atoms with van der Waals surface area (Å²) in [5.74, 6) is 2.12. The number of rotatable bonds is 4. The first-order valence-electron chi connectivity index (χ1n) is 9.83. The molecule has 7 nitrogen and oxygen atoms in total. The first kappa shape index (κ1) is 18.9. The van der Waals surface area contributed by atoms with E-state index in [1.807, 2.05) is 41.0 Å². The number of nitrogens with zero attached hydrogens (tertiary/aromatic N) is 4. The lowest BCUT2D eigenvalue weighted by atomic mass is 9.83. The van der Waals surface area contributed by atoms with E-state index in [2.05, 4.69) is 31.9 Å². The lowest BCUT2D eigenvalue weighted by Gasteiger charge is -2.42. The smallest absolute Gasteiger partial charge is 0.250 e.